The van der Waals surface area contributed by atoms with Crippen molar-refractivity contribution >= 4 is 13.8 Å². The van der Waals surface area contributed by atoms with Crippen LogP contribution in [0.2, 0.25) is 0 Å². The summed E-state index contributed by atoms with van der Waals surface area (Å²) in [4.78, 5) is 12.1. The van der Waals surface area contributed by atoms with Crippen LogP contribution in [0.15, 0.2) is 0 Å². The summed E-state index contributed by atoms with van der Waals surface area (Å²) in [5.41, 5.74) is -0.283. The van der Waals surface area contributed by atoms with Gasteiger partial charge in [0.05, 0.1) is 5.54 Å². The molecule has 0 spiro atoms. The number of hydrogen-bond acceptors (Lipinski definition) is 2. The number of carbonyl (C=O) groups excluding carboxylic acids is 1. The SMILES string of the molecule is BNC(C)(CC)C(=O)C1CCCC1. The van der Waals surface area contributed by atoms with Crippen LogP contribution >= 0.6 is 0 Å². The Hall–Kier alpha value is -0.305. The second-order valence-corrected chi connectivity index (χ2v) is 4.28. The summed E-state index contributed by atoms with van der Waals surface area (Å²) in [6.45, 7) is 4.09. The first kappa shape index (κ1) is 10.8. The molecule has 1 rings (SSSR count). The van der Waals surface area contributed by atoms with E-state index < -0.39 is 0 Å². The average molecular weight is 181 g/mol. The highest BCUT2D eigenvalue weighted by Gasteiger charge is 2.35. The van der Waals surface area contributed by atoms with E-state index in [0.717, 1.165) is 19.3 Å². The van der Waals surface area contributed by atoms with E-state index in [4.69, 9.17) is 0 Å². The Morgan fingerprint density at radius 1 is 1.54 bits per heavy atom. The summed E-state index contributed by atoms with van der Waals surface area (Å²) in [5, 5.41) is 3.16. The zero-order chi connectivity index (χ0) is 9.90. The highest BCUT2D eigenvalue weighted by Crippen LogP contribution is 2.29. The minimum Gasteiger partial charge on any atom is -0.351 e. The fourth-order valence-electron chi connectivity index (χ4n) is 2.11. The van der Waals surface area contributed by atoms with Gasteiger partial charge in [0.15, 0.2) is 13.8 Å². The van der Waals surface area contributed by atoms with E-state index in [-0.39, 0.29) is 5.54 Å². The summed E-state index contributed by atoms with van der Waals surface area (Å²) in [6, 6.07) is 0. The van der Waals surface area contributed by atoms with Crippen molar-refractivity contribution in [3.63, 3.8) is 0 Å². The van der Waals surface area contributed by atoms with Crippen LogP contribution in [0.4, 0.5) is 0 Å². The summed E-state index contributed by atoms with van der Waals surface area (Å²) >= 11 is 0. The standard InChI is InChI=1S/C10H20BNO/c1-3-10(2,12-11)9(13)8-6-4-5-7-8/h8,12H,3-7,11H2,1-2H3. The van der Waals surface area contributed by atoms with Crippen LogP contribution in [0, 0.1) is 5.92 Å². The monoisotopic (exact) mass is 181 g/mol. The van der Waals surface area contributed by atoms with Crippen molar-refractivity contribution in [2.45, 2.75) is 51.5 Å². The molecule has 13 heavy (non-hydrogen) atoms. The number of rotatable bonds is 4. The number of ketones is 1. The molecule has 1 saturated carbocycles. The highest BCUT2D eigenvalue weighted by atomic mass is 16.1. The van der Waals surface area contributed by atoms with Gasteiger partial charge in [0.2, 0.25) is 0 Å². The summed E-state index contributed by atoms with van der Waals surface area (Å²) in [5.74, 6) is 0.757. The van der Waals surface area contributed by atoms with Crippen LogP contribution in [0.1, 0.15) is 46.0 Å². The fourth-order valence-corrected chi connectivity index (χ4v) is 2.11. The van der Waals surface area contributed by atoms with Gasteiger partial charge in [0, 0.05) is 5.92 Å². The molecule has 0 aromatic carbocycles. The van der Waals surface area contributed by atoms with Gasteiger partial charge in [-0.05, 0) is 26.2 Å². The molecule has 0 aromatic heterocycles. The van der Waals surface area contributed by atoms with Crippen molar-refractivity contribution in [2.75, 3.05) is 0 Å². The lowest BCUT2D eigenvalue weighted by molar-refractivity contribution is -0.128. The van der Waals surface area contributed by atoms with Crippen LogP contribution in [-0.4, -0.2) is 19.3 Å². The molecule has 1 aliphatic carbocycles. The first-order valence-corrected chi connectivity index (χ1v) is 5.37. The molecule has 1 fully saturated rings. The summed E-state index contributed by atoms with van der Waals surface area (Å²) in [6.07, 6.45) is 5.57. The van der Waals surface area contributed by atoms with E-state index >= 15 is 0 Å². The lowest BCUT2D eigenvalue weighted by Gasteiger charge is -2.29. The number of Topliss-reactive ketones (excluding diaryl/α,β-unsaturated/α-hetero) is 1. The molecular weight excluding hydrogens is 161 g/mol. The van der Waals surface area contributed by atoms with Crippen LogP contribution < -0.4 is 5.23 Å². The number of carbonyl (C=O) groups is 1. The van der Waals surface area contributed by atoms with Gasteiger partial charge in [0.1, 0.15) is 0 Å². The van der Waals surface area contributed by atoms with Gasteiger partial charge in [-0.2, -0.15) is 0 Å². The Kier molecular flexibility index (Phi) is 3.54. The molecule has 1 unspecified atom stereocenters. The van der Waals surface area contributed by atoms with E-state index in [1.807, 2.05) is 14.9 Å². The second kappa shape index (κ2) is 4.27. The van der Waals surface area contributed by atoms with Crippen LogP contribution in [0.5, 0.6) is 0 Å². The fraction of sp³-hybridized carbons (Fsp3) is 0.900. The van der Waals surface area contributed by atoms with Crippen molar-refractivity contribution in [3.05, 3.63) is 0 Å². The van der Waals surface area contributed by atoms with Crippen LogP contribution in [0.25, 0.3) is 0 Å². The van der Waals surface area contributed by atoms with Crippen LogP contribution in [0.3, 0.4) is 0 Å². The predicted molar refractivity (Wildman–Crippen MR) is 57.3 cm³/mol. The Balaban J connectivity index is 2.63. The highest BCUT2D eigenvalue weighted by molar-refractivity contribution is 6.08. The first-order chi connectivity index (χ1) is 6.14. The molecule has 0 aromatic rings. The predicted octanol–water partition coefficient (Wildman–Crippen LogP) is 1.05. The van der Waals surface area contributed by atoms with Gasteiger partial charge < -0.3 is 5.23 Å². The topological polar surface area (TPSA) is 29.1 Å². The molecule has 1 aliphatic rings. The van der Waals surface area contributed by atoms with E-state index in [1.54, 1.807) is 0 Å². The summed E-state index contributed by atoms with van der Waals surface area (Å²) < 4.78 is 0. The van der Waals surface area contributed by atoms with Crippen molar-refractivity contribution in [3.8, 4) is 0 Å². The number of nitrogens with one attached hydrogen (secondary N) is 1. The van der Waals surface area contributed by atoms with E-state index in [1.165, 1.54) is 12.8 Å². The molecule has 0 saturated heterocycles. The largest absolute Gasteiger partial charge is 0.351 e. The Bertz CT molecular complexity index is 183. The lowest BCUT2D eigenvalue weighted by atomic mass is 9.83. The second-order valence-electron chi connectivity index (χ2n) is 4.28. The molecule has 3 heteroatoms. The number of hydrogen-bond donors (Lipinski definition) is 1. The molecule has 1 atom stereocenters. The van der Waals surface area contributed by atoms with E-state index in [9.17, 15) is 4.79 Å². The van der Waals surface area contributed by atoms with Gasteiger partial charge >= 0.3 is 0 Å². The molecule has 2 nitrogen and oxygen atoms in total. The first-order valence-electron chi connectivity index (χ1n) is 5.37. The van der Waals surface area contributed by atoms with Crippen molar-refractivity contribution in [1.82, 2.24) is 5.23 Å². The third-order valence-electron chi connectivity index (χ3n) is 3.53. The van der Waals surface area contributed by atoms with E-state index in [0.29, 0.717) is 11.7 Å². The van der Waals surface area contributed by atoms with Gasteiger partial charge in [0.25, 0.3) is 0 Å². The molecule has 0 radical (unpaired) electrons. The lowest BCUT2D eigenvalue weighted by Crippen LogP contribution is -2.50. The summed E-state index contributed by atoms with van der Waals surface area (Å²) in [7, 11) is 1.89. The third-order valence-corrected chi connectivity index (χ3v) is 3.53. The normalized spacial score (nSPS) is 22.9. The Morgan fingerprint density at radius 3 is 2.46 bits per heavy atom. The van der Waals surface area contributed by atoms with Crippen molar-refractivity contribution in [1.29, 1.82) is 0 Å². The average Bonchev–Trinajstić information content (AvgIpc) is 2.68. The maximum atomic E-state index is 12.1. The quantitative estimate of drug-likeness (QED) is 0.657. The molecule has 0 bridgehead atoms. The van der Waals surface area contributed by atoms with Crippen molar-refractivity contribution in [2.24, 2.45) is 5.92 Å². The maximum Gasteiger partial charge on any atom is 0.183 e. The molecule has 0 amide bonds. The third kappa shape index (κ3) is 2.13. The molecule has 1 N–H and O–H groups in total. The molecule has 74 valence electrons. The smallest absolute Gasteiger partial charge is 0.183 e. The minimum atomic E-state index is -0.283. The molecule has 0 heterocycles. The van der Waals surface area contributed by atoms with Gasteiger partial charge in [-0.25, -0.2) is 0 Å². The van der Waals surface area contributed by atoms with Crippen molar-refractivity contribution < 1.29 is 4.79 Å². The molecular formula is C10H20BNO. The van der Waals surface area contributed by atoms with Gasteiger partial charge in [-0.15, -0.1) is 0 Å². The Labute approximate surface area is 81.9 Å². The minimum absolute atomic E-state index is 0.283. The maximum absolute atomic E-state index is 12.1. The van der Waals surface area contributed by atoms with Crippen LogP contribution in [-0.2, 0) is 4.79 Å². The zero-order valence-electron chi connectivity index (χ0n) is 9.02. The van der Waals surface area contributed by atoms with Gasteiger partial charge in [-0.3, -0.25) is 4.79 Å². The van der Waals surface area contributed by atoms with E-state index in [2.05, 4.69) is 12.2 Å². The zero-order valence-corrected chi connectivity index (χ0v) is 9.02. The molecule has 0 aliphatic heterocycles. The van der Waals surface area contributed by atoms with Gasteiger partial charge in [-0.1, -0.05) is 19.8 Å². The Morgan fingerprint density at radius 2 is 2.08 bits per heavy atom.